The average molecular weight is 266 g/mol. The lowest BCUT2D eigenvalue weighted by Crippen LogP contribution is -2.31. The van der Waals surface area contributed by atoms with Gasteiger partial charge in [-0.05, 0) is 37.3 Å². The molecule has 0 bridgehead atoms. The Morgan fingerprint density at radius 3 is 2.80 bits per heavy atom. The minimum atomic E-state index is -0.132. The van der Waals surface area contributed by atoms with Gasteiger partial charge in [0.05, 0.1) is 12.2 Å². The predicted molar refractivity (Wildman–Crippen MR) is 85.2 cm³/mol. The van der Waals surface area contributed by atoms with Gasteiger partial charge in [0.15, 0.2) is 0 Å². The summed E-state index contributed by atoms with van der Waals surface area (Å²) in [5, 5.41) is 0. The first-order chi connectivity index (χ1) is 9.77. The lowest BCUT2D eigenvalue weighted by atomic mass is 9.91. The van der Waals surface area contributed by atoms with Gasteiger partial charge in [0.1, 0.15) is 0 Å². The van der Waals surface area contributed by atoms with Crippen molar-refractivity contribution < 1.29 is 4.74 Å². The van der Waals surface area contributed by atoms with Crippen LogP contribution in [0, 0.1) is 12.3 Å². The van der Waals surface area contributed by atoms with Gasteiger partial charge in [0.25, 0.3) is 0 Å². The fourth-order valence-corrected chi connectivity index (χ4v) is 2.72. The van der Waals surface area contributed by atoms with E-state index in [1.807, 2.05) is 18.2 Å². The zero-order valence-electron chi connectivity index (χ0n) is 12.1. The molecular weight excluding hydrogens is 244 g/mol. The normalized spacial score (nSPS) is 21.9. The number of rotatable bonds is 6. The second-order valence-corrected chi connectivity index (χ2v) is 5.25. The van der Waals surface area contributed by atoms with Crippen LogP contribution in [0.2, 0.25) is 0 Å². The van der Waals surface area contributed by atoms with Crippen molar-refractivity contribution in [2.24, 2.45) is 0 Å². The maximum atomic E-state index is 6.18. The minimum Gasteiger partial charge on any atom is -0.367 e. The summed E-state index contributed by atoms with van der Waals surface area (Å²) in [4.78, 5) is 0. The zero-order chi connectivity index (χ0) is 14.3. The molecule has 1 aromatic carbocycles. The Balaban J connectivity index is 1.92. The zero-order valence-corrected chi connectivity index (χ0v) is 12.1. The van der Waals surface area contributed by atoms with Crippen LogP contribution in [0.1, 0.15) is 38.2 Å². The van der Waals surface area contributed by atoms with E-state index in [9.17, 15) is 0 Å². The summed E-state index contributed by atoms with van der Waals surface area (Å²) >= 11 is 0. The molecule has 0 saturated heterocycles. The molecule has 1 aliphatic rings. The summed E-state index contributed by atoms with van der Waals surface area (Å²) in [5.74, 6) is 2.73. The van der Waals surface area contributed by atoms with Crippen LogP contribution >= 0.6 is 0 Å². The minimum absolute atomic E-state index is 0.132. The average Bonchev–Trinajstić information content (AvgIpc) is 2.84. The van der Waals surface area contributed by atoms with Crippen molar-refractivity contribution in [1.82, 2.24) is 0 Å². The maximum Gasteiger partial charge on any atom is 0.0905 e. The first kappa shape index (κ1) is 14.6. The summed E-state index contributed by atoms with van der Waals surface area (Å²) in [6.45, 7) is 2.79. The van der Waals surface area contributed by atoms with E-state index >= 15 is 0 Å². The summed E-state index contributed by atoms with van der Waals surface area (Å²) < 4.78 is 6.18. The van der Waals surface area contributed by atoms with Gasteiger partial charge in [0.2, 0.25) is 0 Å². The molecule has 0 heterocycles. The van der Waals surface area contributed by atoms with Gasteiger partial charge in [-0.15, -0.1) is 12.3 Å². The first-order valence-corrected chi connectivity index (χ1v) is 7.23. The number of allylic oxidation sites excluding steroid dienone is 1. The lowest BCUT2D eigenvalue weighted by molar-refractivity contribution is -0.00537. The molecule has 1 aliphatic carbocycles. The molecule has 0 N–H and O–H groups in total. The lowest BCUT2D eigenvalue weighted by Gasteiger charge is -2.30. The molecule has 20 heavy (non-hydrogen) atoms. The molecule has 1 aromatic rings. The molecule has 104 valence electrons. The van der Waals surface area contributed by atoms with E-state index in [1.54, 1.807) is 0 Å². The van der Waals surface area contributed by atoms with E-state index < -0.39 is 0 Å². The van der Waals surface area contributed by atoms with Gasteiger partial charge in [-0.2, -0.15) is 0 Å². The Hall–Kier alpha value is -1.78. The van der Waals surface area contributed by atoms with E-state index in [-0.39, 0.29) is 5.60 Å². The van der Waals surface area contributed by atoms with Crippen LogP contribution in [0.5, 0.6) is 0 Å². The molecule has 0 saturated carbocycles. The third kappa shape index (κ3) is 3.62. The molecule has 0 fully saturated rings. The van der Waals surface area contributed by atoms with E-state index in [1.165, 1.54) is 11.1 Å². The van der Waals surface area contributed by atoms with E-state index in [2.05, 4.69) is 43.2 Å². The third-order valence-electron chi connectivity index (χ3n) is 3.96. The fraction of sp³-hybridized carbons (Fsp3) is 0.368. The quantitative estimate of drug-likeness (QED) is 0.539. The highest BCUT2D eigenvalue weighted by Gasteiger charge is 2.34. The molecule has 1 atom stereocenters. The van der Waals surface area contributed by atoms with Gasteiger partial charge in [-0.3, -0.25) is 0 Å². The topological polar surface area (TPSA) is 9.23 Å². The third-order valence-corrected chi connectivity index (χ3v) is 3.96. The Kier molecular flexibility index (Phi) is 5.21. The maximum absolute atomic E-state index is 6.18. The standard InChI is InChI=1S/C19H22O/c1-3-4-14-19(15-8-10-17(19)2)20-16-9-13-18-11-6-5-7-12-18/h1,5-7,9-13H,4,8,14-16H2,2H3/b13-9+. The number of ether oxygens (including phenoxy) is 1. The Morgan fingerprint density at radius 1 is 1.35 bits per heavy atom. The summed E-state index contributed by atoms with van der Waals surface area (Å²) in [6.07, 6.45) is 15.7. The van der Waals surface area contributed by atoms with Gasteiger partial charge in [-0.25, -0.2) is 0 Å². The molecular formula is C19H22O. The van der Waals surface area contributed by atoms with Gasteiger partial charge < -0.3 is 4.74 Å². The molecule has 0 aromatic heterocycles. The molecule has 0 amide bonds. The Bertz CT molecular complexity index is 518. The van der Waals surface area contributed by atoms with Gasteiger partial charge in [0, 0.05) is 6.42 Å². The molecule has 0 spiro atoms. The Morgan fingerprint density at radius 2 is 2.15 bits per heavy atom. The van der Waals surface area contributed by atoms with Crippen LogP contribution in [0.15, 0.2) is 48.1 Å². The van der Waals surface area contributed by atoms with Crippen molar-refractivity contribution in [1.29, 1.82) is 0 Å². The summed E-state index contributed by atoms with van der Waals surface area (Å²) in [6, 6.07) is 10.3. The van der Waals surface area contributed by atoms with Crippen LogP contribution in [0.4, 0.5) is 0 Å². The predicted octanol–water partition coefficient (Wildman–Crippen LogP) is 4.61. The summed E-state index contributed by atoms with van der Waals surface area (Å²) in [5.41, 5.74) is 2.40. The summed E-state index contributed by atoms with van der Waals surface area (Å²) in [7, 11) is 0. The van der Waals surface area contributed by atoms with Crippen LogP contribution in [-0.2, 0) is 4.74 Å². The van der Waals surface area contributed by atoms with Crippen LogP contribution in [0.3, 0.4) is 0 Å². The smallest absolute Gasteiger partial charge is 0.0905 e. The van der Waals surface area contributed by atoms with Crippen molar-refractivity contribution in [3.63, 3.8) is 0 Å². The van der Waals surface area contributed by atoms with Crippen molar-refractivity contribution in [3.05, 3.63) is 53.6 Å². The van der Waals surface area contributed by atoms with Crippen LogP contribution < -0.4 is 0 Å². The number of benzene rings is 1. The van der Waals surface area contributed by atoms with Gasteiger partial charge in [-0.1, -0.05) is 48.6 Å². The largest absolute Gasteiger partial charge is 0.367 e. The highest BCUT2D eigenvalue weighted by molar-refractivity contribution is 5.48. The van der Waals surface area contributed by atoms with E-state index in [0.29, 0.717) is 6.61 Å². The number of hydrogen-bond donors (Lipinski definition) is 0. The SMILES string of the molecule is C#CCCC1(OC/C=C/c2ccccc2)CCC=C1C. The molecule has 1 nitrogen and oxygen atoms in total. The van der Waals surface area contributed by atoms with Crippen LogP contribution in [-0.4, -0.2) is 12.2 Å². The van der Waals surface area contributed by atoms with Gasteiger partial charge >= 0.3 is 0 Å². The van der Waals surface area contributed by atoms with Crippen molar-refractivity contribution in [3.8, 4) is 12.3 Å². The number of terminal acetylenes is 1. The monoisotopic (exact) mass is 266 g/mol. The molecule has 2 rings (SSSR count). The molecule has 1 unspecified atom stereocenters. The molecule has 0 aliphatic heterocycles. The van der Waals surface area contributed by atoms with E-state index in [0.717, 1.165) is 25.7 Å². The van der Waals surface area contributed by atoms with Crippen molar-refractivity contribution in [2.45, 2.75) is 38.2 Å². The molecule has 1 heteroatoms. The Labute approximate surface area is 122 Å². The number of hydrogen-bond acceptors (Lipinski definition) is 1. The first-order valence-electron chi connectivity index (χ1n) is 7.23. The fourth-order valence-electron chi connectivity index (χ4n) is 2.72. The highest BCUT2D eigenvalue weighted by atomic mass is 16.5. The second kappa shape index (κ2) is 7.12. The van der Waals surface area contributed by atoms with Crippen molar-refractivity contribution >= 4 is 6.08 Å². The van der Waals surface area contributed by atoms with Crippen LogP contribution in [0.25, 0.3) is 6.08 Å². The van der Waals surface area contributed by atoms with Crippen molar-refractivity contribution in [2.75, 3.05) is 6.61 Å². The molecule has 0 radical (unpaired) electrons. The van der Waals surface area contributed by atoms with E-state index in [4.69, 9.17) is 11.2 Å². The second-order valence-electron chi connectivity index (χ2n) is 5.25. The highest BCUT2D eigenvalue weighted by Crippen LogP contribution is 2.37.